The van der Waals surface area contributed by atoms with E-state index in [9.17, 15) is 0 Å². The Kier molecular flexibility index (Phi) is 4.85. The van der Waals surface area contributed by atoms with Gasteiger partial charge in [0.15, 0.2) is 0 Å². The van der Waals surface area contributed by atoms with E-state index in [0.717, 1.165) is 13.0 Å². The molecule has 0 amide bonds. The highest BCUT2D eigenvalue weighted by molar-refractivity contribution is 4.77. The molecule has 3 nitrogen and oxygen atoms in total. The van der Waals surface area contributed by atoms with Gasteiger partial charge in [0.25, 0.3) is 0 Å². The zero-order valence-electron chi connectivity index (χ0n) is 9.87. The Hall–Kier alpha value is -0.120. The third-order valence-corrected chi connectivity index (χ3v) is 3.29. The third-order valence-electron chi connectivity index (χ3n) is 3.29. The molecule has 1 aliphatic rings. The van der Waals surface area contributed by atoms with E-state index >= 15 is 0 Å². The fourth-order valence-corrected chi connectivity index (χ4v) is 2.12. The first kappa shape index (κ1) is 12.0. The maximum absolute atomic E-state index is 5.57. The molecule has 0 saturated carbocycles. The van der Waals surface area contributed by atoms with E-state index in [1.165, 1.54) is 26.2 Å². The molecule has 1 rings (SSSR count). The molecular weight excluding hydrogens is 174 g/mol. The fourth-order valence-electron chi connectivity index (χ4n) is 2.12. The molecule has 84 valence electrons. The van der Waals surface area contributed by atoms with Gasteiger partial charge in [-0.1, -0.05) is 0 Å². The second-order valence-corrected chi connectivity index (χ2v) is 4.59. The lowest BCUT2D eigenvalue weighted by Crippen LogP contribution is -2.51. The van der Waals surface area contributed by atoms with Crippen molar-refractivity contribution >= 4 is 0 Å². The summed E-state index contributed by atoms with van der Waals surface area (Å²) in [6.45, 7) is 12.5. The Morgan fingerprint density at radius 1 is 1.00 bits per heavy atom. The van der Waals surface area contributed by atoms with Gasteiger partial charge in [-0.15, -0.1) is 0 Å². The van der Waals surface area contributed by atoms with Crippen LogP contribution in [0.4, 0.5) is 0 Å². The standard InChI is InChI=1S/C11H25N3/c1-10(2)13-6-8-14(9-7-13)11(3)4-5-12/h10-11H,4-9,12H2,1-3H3. The van der Waals surface area contributed by atoms with Crippen LogP contribution in [-0.2, 0) is 0 Å². The van der Waals surface area contributed by atoms with Gasteiger partial charge in [0.2, 0.25) is 0 Å². The normalized spacial score (nSPS) is 22.9. The highest BCUT2D eigenvalue weighted by Crippen LogP contribution is 2.10. The molecule has 1 fully saturated rings. The van der Waals surface area contributed by atoms with Crippen molar-refractivity contribution in [3.8, 4) is 0 Å². The monoisotopic (exact) mass is 199 g/mol. The predicted octanol–water partition coefficient (Wildman–Crippen LogP) is 0.750. The lowest BCUT2D eigenvalue weighted by molar-refractivity contribution is 0.0815. The molecular formula is C11H25N3. The maximum atomic E-state index is 5.57. The van der Waals surface area contributed by atoms with E-state index < -0.39 is 0 Å². The maximum Gasteiger partial charge on any atom is 0.0113 e. The van der Waals surface area contributed by atoms with Gasteiger partial charge in [0.1, 0.15) is 0 Å². The summed E-state index contributed by atoms with van der Waals surface area (Å²) in [6.07, 6.45) is 1.13. The van der Waals surface area contributed by atoms with Gasteiger partial charge in [0.05, 0.1) is 0 Å². The van der Waals surface area contributed by atoms with Gasteiger partial charge in [-0.05, 0) is 33.7 Å². The first-order valence-electron chi connectivity index (χ1n) is 5.83. The average molecular weight is 199 g/mol. The van der Waals surface area contributed by atoms with Crippen molar-refractivity contribution in [3.05, 3.63) is 0 Å². The van der Waals surface area contributed by atoms with E-state index in [-0.39, 0.29) is 0 Å². The van der Waals surface area contributed by atoms with E-state index in [0.29, 0.717) is 12.1 Å². The molecule has 0 aromatic heterocycles. The van der Waals surface area contributed by atoms with Gasteiger partial charge in [-0.3, -0.25) is 9.80 Å². The van der Waals surface area contributed by atoms with Gasteiger partial charge in [-0.2, -0.15) is 0 Å². The first-order chi connectivity index (χ1) is 6.65. The molecule has 1 aliphatic heterocycles. The van der Waals surface area contributed by atoms with Crippen LogP contribution in [0.25, 0.3) is 0 Å². The molecule has 1 heterocycles. The minimum Gasteiger partial charge on any atom is -0.330 e. The van der Waals surface area contributed by atoms with Crippen LogP contribution < -0.4 is 5.73 Å². The van der Waals surface area contributed by atoms with E-state index in [1.54, 1.807) is 0 Å². The number of hydrogen-bond acceptors (Lipinski definition) is 3. The number of nitrogens with two attached hydrogens (primary N) is 1. The van der Waals surface area contributed by atoms with Crippen molar-refractivity contribution < 1.29 is 0 Å². The minimum absolute atomic E-state index is 0.661. The Morgan fingerprint density at radius 2 is 1.50 bits per heavy atom. The van der Waals surface area contributed by atoms with Crippen molar-refractivity contribution in [1.29, 1.82) is 0 Å². The van der Waals surface area contributed by atoms with Crippen molar-refractivity contribution in [2.75, 3.05) is 32.7 Å². The molecule has 1 saturated heterocycles. The molecule has 3 heteroatoms. The van der Waals surface area contributed by atoms with E-state index in [1.807, 2.05) is 0 Å². The lowest BCUT2D eigenvalue weighted by Gasteiger charge is -2.39. The van der Waals surface area contributed by atoms with Crippen molar-refractivity contribution in [2.24, 2.45) is 5.73 Å². The highest BCUT2D eigenvalue weighted by atomic mass is 15.3. The molecule has 0 bridgehead atoms. The van der Waals surface area contributed by atoms with Gasteiger partial charge >= 0.3 is 0 Å². The Morgan fingerprint density at radius 3 is 1.93 bits per heavy atom. The largest absolute Gasteiger partial charge is 0.330 e. The number of nitrogens with zero attached hydrogens (tertiary/aromatic N) is 2. The summed E-state index contributed by atoms with van der Waals surface area (Å²) in [6, 6.07) is 1.36. The van der Waals surface area contributed by atoms with Crippen molar-refractivity contribution in [1.82, 2.24) is 9.80 Å². The van der Waals surface area contributed by atoms with Crippen LogP contribution in [0.2, 0.25) is 0 Å². The summed E-state index contributed by atoms with van der Waals surface area (Å²) in [4.78, 5) is 5.11. The van der Waals surface area contributed by atoms with Gasteiger partial charge in [0, 0.05) is 38.3 Å². The number of piperazine rings is 1. The molecule has 1 atom stereocenters. The summed E-state index contributed by atoms with van der Waals surface area (Å²) in [5.74, 6) is 0. The van der Waals surface area contributed by atoms with Gasteiger partial charge in [-0.25, -0.2) is 0 Å². The van der Waals surface area contributed by atoms with Crippen molar-refractivity contribution in [3.63, 3.8) is 0 Å². The lowest BCUT2D eigenvalue weighted by atomic mass is 10.1. The summed E-state index contributed by atoms with van der Waals surface area (Å²) in [5.41, 5.74) is 5.57. The summed E-state index contributed by atoms with van der Waals surface area (Å²) < 4.78 is 0. The van der Waals surface area contributed by atoms with Crippen LogP contribution in [0.1, 0.15) is 27.2 Å². The Labute approximate surface area is 88.2 Å². The molecule has 14 heavy (non-hydrogen) atoms. The van der Waals surface area contributed by atoms with Crippen LogP contribution in [0, 0.1) is 0 Å². The predicted molar refractivity (Wildman–Crippen MR) is 61.4 cm³/mol. The van der Waals surface area contributed by atoms with Crippen molar-refractivity contribution in [2.45, 2.75) is 39.3 Å². The molecule has 0 aromatic carbocycles. The first-order valence-corrected chi connectivity index (χ1v) is 5.83. The third kappa shape index (κ3) is 3.23. The van der Waals surface area contributed by atoms with Crippen LogP contribution >= 0.6 is 0 Å². The highest BCUT2D eigenvalue weighted by Gasteiger charge is 2.21. The van der Waals surface area contributed by atoms with E-state index in [4.69, 9.17) is 5.73 Å². The molecule has 0 radical (unpaired) electrons. The molecule has 0 aliphatic carbocycles. The number of hydrogen-bond donors (Lipinski definition) is 1. The zero-order chi connectivity index (χ0) is 10.6. The Bertz CT molecular complexity index is 151. The quantitative estimate of drug-likeness (QED) is 0.725. The zero-order valence-corrected chi connectivity index (χ0v) is 9.87. The fraction of sp³-hybridized carbons (Fsp3) is 1.00. The van der Waals surface area contributed by atoms with Gasteiger partial charge < -0.3 is 5.73 Å². The minimum atomic E-state index is 0.661. The molecule has 1 unspecified atom stereocenters. The van der Waals surface area contributed by atoms with Crippen LogP contribution in [-0.4, -0.2) is 54.6 Å². The molecule has 0 aromatic rings. The van der Waals surface area contributed by atoms with Crippen LogP contribution in [0.15, 0.2) is 0 Å². The SMILES string of the molecule is CC(C)N1CCN(C(C)CCN)CC1. The van der Waals surface area contributed by atoms with E-state index in [2.05, 4.69) is 30.6 Å². The second kappa shape index (κ2) is 5.69. The van der Waals surface area contributed by atoms with Crippen LogP contribution in [0.5, 0.6) is 0 Å². The molecule has 0 spiro atoms. The number of rotatable bonds is 4. The smallest absolute Gasteiger partial charge is 0.0113 e. The average Bonchev–Trinajstić information content (AvgIpc) is 2.18. The summed E-state index contributed by atoms with van der Waals surface area (Å²) >= 11 is 0. The second-order valence-electron chi connectivity index (χ2n) is 4.59. The topological polar surface area (TPSA) is 32.5 Å². The molecule has 2 N–H and O–H groups in total. The summed E-state index contributed by atoms with van der Waals surface area (Å²) in [5, 5.41) is 0. The summed E-state index contributed by atoms with van der Waals surface area (Å²) in [7, 11) is 0. The Balaban J connectivity index is 2.28. The van der Waals surface area contributed by atoms with Crippen LogP contribution in [0.3, 0.4) is 0 Å².